The number of aromatic nitrogens is 2. The van der Waals surface area contributed by atoms with Gasteiger partial charge in [0.05, 0.1) is 10.4 Å². The van der Waals surface area contributed by atoms with E-state index in [2.05, 4.69) is 10.1 Å². The Morgan fingerprint density at radius 2 is 1.78 bits per heavy atom. The summed E-state index contributed by atoms with van der Waals surface area (Å²) in [4.78, 5) is 4.70. The van der Waals surface area contributed by atoms with Crippen LogP contribution in [0.2, 0.25) is 0 Å². The van der Waals surface area contributed by atoms with E-state index in [1.54, 1.807) is 31.3 Å². The van der Waals surface area contributed by atoms with Gasteiger partial charge in [0.25, 0.3) is 5.89 Å². The molecule has 27 heavy (non-hydrogen) atoms. The lowest BCUT2D eigenvalue weighted by Gasteiger charge is -2.34. The Morgan fingerprint density at radius 1 is 1.11 bits per heavy atom. The Balaban J connectivity index is 1.53. The van der Waals surface area contributed by atoms with Crippen molar-refractivity contribution in [3.8, 4) is 11.5 Å². The molecule has 0 spiro atoms. The Labute approximate surface area is 160 Å². The smallest absolute Gasteiger partial charge is 0.257 e. The van der Waals surface area contributed by atoms with Crippen LogP contribution in [0, 0.1) is 0 Å². The quantitative estimate of drug-likeness (QED) is 0.842. The third kappa shape index (κ3) is 3.41. The molecule has 2 fully saturated rings. The third-order valence-corrected chi connectivity index (χ3v) is 7.91. The van der Waals surface area contributed by atoms with Crippen molar-refractivity contribution in [2.45, 2.75) is 67.8 Å². The minimum Gasteiger partial charge on any atom is -0.334 e. The van der Waals surface area contributed by atoms with Gasteiger partial charge in [-0.15, -0.1) is 0 Å². The molecule has 2 aliphatic carbocycles. The van der Waals surface area contributed by atoms with Crippen molar-refractivity contribution in [1.29, 1.82) is 0 Å². The van der Waals surface area contributed by atoms with Gasteiger partial charge in [0.15, 0.2) is 5.82 Å². The number of nitrogens with zero attached hydrogens (tertiary/aromatic N) is 3. The number of sulfonamides is 1. The molecule has 2 N–H and O–H groups in total. The van der Waals surface area contributed by atoms with Crippen molar-refractivity contribution in [1.82, 2.24) is 14.4 Å². The van der Waals surface area contributed by atoms with Gasteiger partial charge < -0.3 is 10.3 Å². The maximum absolute atomic E-state index is 12.9. The van der Waals surface area contributed by atoms with Crippen LogP contribution < -0.4 is 5.73 Å². The zero-order valence-corrected chi connectivity index (χ0v) is 16.4. The molecule has 4 rings (SSSR count). The highest BCUT2D eigenvalue weighted by atomic mass is 32.2. The summed E-state index contributed by atoms with van der Waals surface area (Å²) in [5, 5.41) is 4.01. The molecule has 7 nitrogen and oxygen atoms in total. The van der Waals surface area contributed by atoms with Crippen molar-refractivity contribution >= 4 is 10.0 Å². The van der Waals surface area contributed by atoms with Crippen LogP contribution in [0.1, 0.15) is 57.2 Å². The standard InChI is InChI=1S/C19H26N4O3S/c1-23(15-6-3-2-4-7-15)27(24,25)16-10-8-14(9-11-16)17-21-18(22-26-17)19(20)12-5-13-19/h8-11,15H,2-7,12-13,20H2,1H3. The molecule has 0 amide bonds. The maximum Gasteiger partial charge on any atom is 0.257 e. The normalized spacial score (nSPS) is 20.6. The Hall–Kier alpha value is -1.77. The molecule has 2 aliphatic rings. The summed E-state index contributed by atoms with van der Waals surface area (Å²) < 4.78 is 32.7. The van der Waals surface area contributed by atoms with Crippen LogP contribution >= 0.6 is 0 Å². The summed E-state index contributed by atoms with van der Waals surface area (Å²) in [6.45, 7) is 0. The van der Waals surface area contributed by atoms with E-state index in [1.807, 2.05) is 0 Å². The van der Waals surface area contributed by atoms with Crippen LogP contribution in [0.5, 0.6) is 0 Å². The van der Waals surface area contributed by atoms with Gasteiger partial charge in [-0.3, -0.25) is 0 Å². The van der Waals surface area contributed by atoms with E-state index in [4.69, 9.17) is 10.3 Å². The molecule has 0 unspecified atom stereocenters. The van der Waals surface area contributed by atoms with Gasteiger partial charge in [0.1, 0.15) is 0 Å². The van der Waals surface area contributed by atoms with Crippen LogP contribution in [0.4, 0.5) is 0 Å². The highest BCUT2D eigenvalue weighted by Gasteiger charge is 2.39. The van der Waals surface area contributed by atoms with Gasteiger partial charge in [0.2, 0.25) is 10.0 Å². The SMILES string of the molecule is CN(C1CCCCC1)S(=O)(=O)c1ccc(-c2nc(C3(N)CCC3)no2)cc1. The van der Waals surface area contributed by atoms with E-state index in [9.17, 15) is 8.42 Å². The first-order valence-corrected chi connectivity index (χ1v) is 11.1. The second kappa shape index (κ2) is 7.00. The molecule has 0 atom stereocenters. The van der Waals surface area contributed by atoms with Crippen LogP contribution in [0.15, 0.2) is 33.7 Å². The molecular formula is C19H26N4O3S. The summed E-state index contributed by atoms with van der Waals surface area (Å²) in [5.41, 5.74) is 6.44. The van der Waals surface area contributed by atoms with Crippen LogP contribution in [-0.2, 0) is 15.6 Å². The van der Waals surface area contributed by atoms with Crippen LogP contribution in [0.25, 0.3) is 11.5 Å². The largest absolute Gasteiger partial charge is 0.334 e. The fraction of sp³-hybridized carbons (Fsp3) is 0.579. The first kappa shape index (κ1) is 18.6. The average Bonchev–Trinajstić information content (AvgIpc) is 3.17. The second-order valence-electron chi connectivity index (χ2n) is 7.77. The van der Waals surface area contributed by atoms with Gasteiger partial charge in [-0.2, -0.15) is 9.29 Å². The minimum absolute atomic E-state index is 0.0881. The van der Waals surface area contributed by atoms with E-state index in [0.29, 0.717) is 17.3 Å². The van der Waals surface area contributed by atoms with Gasteiger partial charge >= 0.3 is 0 Å². The molecule has 2 saturated carbocycles. The highest BCUT2D eigenvalue weighted by molar-refractivity contribution is 7.89. The van der Waals surface area contributed by atoms with Crippen molar-refractivity contribution < 1.29 is 12.9 Å². The summed E-state index contributed by atoms with van der Waals surface area (Å²) in [7, 11) is -1.82. The number of nitrogens with two attached hydrogens (primary N) is 1. The van der Waals surface area contributed by atoms with Crippen molar-refractivity contribution in [3.05, 3.63) is 30.1 Å². The lowest BCUT2D eigenvalue weighted by Crippen LogP contribution is -2.44. The summed E-state index contributed by atoms with van der Waals surface area (Å²) in [5.74, 6) is 0.892. The van der Waals surface area contributed by atoms with Crippen molar-refractivity contribution in [3.63, 3.8) is 0 Å². The van der Waals surface area contributed by atoms with Crippen LogP contribution in [-0.4, -0.2) is 36.0 Å². The first-order chi connectivity index (χ1) is 12.9. The summed E-state index contributed by atoms with van der Waals surface area (Å²) in [6, 6.07) is 6.72. The van der Waals surface area contributed by atoms with Crippen molar-refractivity contribution in [2.24, 2.45) is 5.73 Å². The van der Waals surface area contributed by atoms with Gasteiger partial charge in [-0.1, -0.05) is 24.4 Å². The van der Waals surface area contributed by atoms with E-state index in [-0.39, 0.29) is 10.9 Å². The van der Waals surface area contributed by atoms with Gasteiger partial charge in [-0.25, -0.2) is 8.42 Å². The van der Waals surface area contributed by atoms with E-state index in [0.717, 1.165) is 44.9 Å². The first-order valence-electron chi connectivity index (χ1n) is 9.62. The number of hydrogen-bond acceptors (Lipinski definition) is 6. The molecule has 0 radical (unpaired) electrons. The van der Waals surface area contributed by atoms with E-state index < -0.39 is 15.6 Å². The third-order valence-electron chi connectivity index (χ3n) is 5.98. The topological polar surface area (TPSA) is 102 Å². The average molecular weight is 391 g/mol. The van der Waals surface area contributed by atoms with E-state index >= 15 is 0 Å². The molecule has 2 aromatic rings. The predicted molar refractivity (Wildman–Crippen MR) is 101 cm³/mol. The van der Waals surface area contributed by atoms with E-state index in [1.165, 1.54) is 10.7 Å². The molecule has 0 aliphatic heterocycles. The Morgan fingerprint density at radius 3 is 2.37 bits per heavy atom. The fourth-order valence-corrected chi connectivity index (χ4v) is 5.32. The lowest BCUT2D eigenvalue weighted by atomic mass is 9.77. The summed E-state index contributed by atoms with van der Waals surface area (Å²) >= 11 is 0. The molecule has 1 aromatic heterocycles. The molecule has 1 aromatic carbocycles. The van der Waals surface area contributed by atoms with Gasteiger partial charge in [0, 0.05) is 18.7 Å². The maximum atomic E-state index is 12.9. The van der Waals surface area contributed by atoms with Gasteiger partial charge in [-0.05, 0) is 56.4 Å². The molecule has 0 saturated heterocycles. The molecule has 8 heteroatoms. The molecule has 146 valence electrons. The second-order valence-corrected chi connectivity index (χ2v) is 9.77. The lowest BCUT2D eigenvalue weighted by molar-refractivity contribution is 0.229. The zero-order chi connectivity index (χ0) is 19.1. The highest BCUT2D eigenvalue weighted by Crippen LogP contribution is 2.37. The molecular weight excluding hydrogens is 364 g/mol. The Kier molecular flexibility index (Phi) is 4.82. The Bertz CT molecular complexity index is 897. The monoisotopic (exact) mass is 390 g/mol. The number of rotatable bonds is 5. The molecule has 1 heterocycles. The molecule has 0 bridgehead atoms. The minimum atomic E-state index is -3.50. The zero-order valence-electron chi connectivity index (χ0n) is 15.6. The number of hydrogen-bond donors (Lipinski definition) is 1. The predicted octanol–water partition coefficient (Wildman–Crippen LogP) is 3.03. The summed E-state index contributed by atoms with van der Waals surface area (Å²) in [6.07, 6.45) is 8.01. The van der Waals surface area contributed by atoms with Crippen LogP contribution in [0.3, 0.4) is 0 Å². The number of benzene rings is 1. The van der Waals surface area contributed by atoms with Crippen molar-refractivity contribution in [2.75, 3.05) is 7.05 Å². The fourth-order valence-electron chi connectivity index (χ4n) is 3.90.